The van der Waals surface area contributed by atoms with Gasteiger partial charge in [-0.05, 0) is 49.7 Å². The lowest BCUT2D eigenvalue weighted by Crippen LogP contribution is -2.39. The number of imidazole rings is 1. The third-order valence-corrected chi connectivity index (χ3v) is 6.22. The Kier molecular flexibility index (Phi) is 5.30. The molecule has 0 saturated carbocycles. The van der Waals surface area contributed by atoms with E-state index in [0.717, 1.165) is 18.7 Å². The fourth-order valence-corrected chi connectivity index (χ4v) is 5.15. The minimum Gasteiger partial charge on any atom is -0.316 e. The van der Waals surface area contributed by atoms with E-state index in [4.69, 9.17) is 9.76 Å². The zero-order valence-corrected chi connectivity index (χ0v) is 16.7. The number of hydrogen-bond acceptors (Lipinski definition) is 6. The number of alkyl halides is 2. The molecule has 3 unspecified atom stereocenters. The van der Waals surface area contributed by atoms with Crippen molar-refractivity contribution in [1.29, 1.82) is 4.78 Å². The van der Waals surface area contributed by atoms with Gasteiger partial charge in [0.25, 0.3) is 6.43 Å². The topological polar surface area (TPSA) is 96.0 Å². The Balaban J connectivity index is 1.78. The summed E-state index contributed by atoms with van der Waals surface area (Å²) in [6.45, 7) is 1.44. The van der Waals surface area contributed by atoms with Crippen LogP contribution in [0.5, 0.6) is 0 Å². The van der Waals surface area contributed by atoms with Crippen LogP contribution in [0.4, 0.5) is 8.78 Å². The minimum atomic E-state index is -2.75. The Bertz CT molecular complexity index is 1130. The van der Waals surface area contributed by atoms with Crippen LogP contribution >= 0.6 is 0 Å². The summed E-state index contributed by atoms with van der Waals surface area (Å²) in [6.07, 6.45) is 0.995. The normalized spacial score (nSPS) is 22.1. The molecule has 2 N–H and O–H groups in total. The first-order valence-corrected chi connectivity index (χ1v) is 11.5. The van der Waals surface area contributed by atoms with Crippen LogP contribution in [0.3, 0.4) is 0 Å². The Morgan fingerprint density at radius 3 is 2.90 bits per heavy atom. The zero-order valence-electron chi connectivity index (χ0n) is 15.9. The average molecular weight is 420 g/mol. The van der Waals surface area contributed by atoms with Crippen molar-refractivity contribution in [3.05, 3.63) is 47.9 Å². The standard InChI is InChI=1S/C19H22F2N6OS/c1-29(22,28)11-12-10-23-9-7-13(12)14-4-2-5-15(25-14)18-17(19(20)21)26-16-6-3-8-24-27(16)18/h2-6,8,12-13,19,22-23H,7,9-11H2,1H3. The highest BCUT2D eigenvalue weighted by molar-refractivity contribution is 7.91. The summed E-state index contributed by atoms with van der Waals surface area (Å²) in [4.78, 5) is 8.73. The van der Waals surface area contributed by atoms with Crippen molar-refractivity contribution in [1.82, 2.24) is 24.9 Å². The van der Waals surface area contributed by atoms with Gasteiger partial charge in [-0.2, -0.15) is 5.10 Å². The molecule has 3 aromatic rings. The minimum absolute atomic E-state index is 0.00335. The van der Waals surface area contributed by atoms with Gasteiger partial charge in [0.05, 0.1) is 5.69 Å². The van der Waals surface area contributed by atoms with Gasteiger partial charge < -0.3 is 5.32 Å². The molecule has 1 aliphatic rings. The number of aromatic nitrogens is 4. The highest BCUT2D eigenvalue weighted by Gasteiger charge is 2.30. The van der Waals surface area contributed by atoms with Crippen molar-refractivity contribution in [2.45, 2.75) is 18.8 Å². The summed E-state index contributed by atoms with van der Waals surface area (Å²) in [5.41, 5.74) is 1.30. The Labute approximate surface area is 167 Å². The molecule has 0 amide bonds. The quantitative estimate of drug-likeness (QED) is 0.661. The lowest BCUT2D eigenvalue weighted by atomic mass is 9.85. The van der Waals surface area contributed by atoms with E-state index in [-0.39, 0.29) is 29.0 Å². The van der Waals surface area contributed by atoms with Crippen LogP contribution in [0.2, 0.25) is 0 Å². The van der Waals surface area contributed by atoms with Gasteiger partial charge in [0.1, 0.15) is 11.4 Å². The number of pyridine rings is 1. The molecule has 1 fully saturated rings. The van der Waals surface area contributed by atoms with E-state index in [1.165, 1.54) is 17.0 Å². The third kappa shape index (κ3) is 4.13. The third-order valence-electron chi connectivity index (χ3n) is 5.16. The maximum absolute atomic E-state index is 13.7. The second-order valence-corrected chi connectivity index (χ2v) is 9.76. The van der Waals surface area contributed by atoms with Crippen LogP contribution in [0.15, 0.2) is 36.5 Å². The van der Waals surface area contributed by atoms with E-state index in [1.807, 2.05) is 6.07 Å². The van der Waals surface area contributed by atoms with Crippen molar-refractivity contribution < 1.29 is 13.0 Å². The summed E-state index contributed by atoms with van der Waals surface area (Å²) in [5, 5.41) is 7.46. The van der Waals surface area contributed by atoms with Crippen LogP contribution in [0.25, 0.3) is 17.0 Å². The van der Waals surface area contributed by atoms with Crippen LogP contribution in [0.1, 0.15) is 30.2 Å². The van der Waals surface area contributed by atoms with E-state index in [9.17, 15) is 13.0 Å². The van der Waals surface area contributed by atoms with Crippen LogP contribution in [-0.4, -0.2) is 48.9 Å². The molecule has 4 heterocycles. The molecule has 3 aromatic heterocycles. The Hall–Kier alpha value is -2.46. The molecule has 0 aromatic carbocycles. The second kappa shape index (κ2) is 7.75. The van der Waals surface area contributed by atoms with Crippen molar-refractivity contribution in [3.8, 4) is 11.4 Å². The van der Waals surface area contributed by atoms with Gasteiger partial charge in [0.2, 0.25) is 0 Å². The van der Waals surface area contributed by atoms with E-state index in [2.05, 4.69) is 15.4 Å². The fourth-order valence-electron chi connectivity index (χ4n) is 3.98. The molecule has 0 radical (unpaired) electrons. The predicted molar refractivity (Wildman–Crippen MR) is 107 cm³/mol. The average Bonchev–Trinajstić information content (AvgIpc) is 3.07. The molecular weight excluding hydrogens is 398 g/mol. The van der Waals surface area contributed by atoms with Crippen molar-refractivity contribution >= 4 is 15.4 Å². The monoisotopic (exact) mass is 420 g/mol. The first-order valence-electron chi connectivity index (χ1n) is 9.35. The van der Waals surface area contributed by atoms with E-state index < -0.39 is 16.2 Å². The number of rotatable bonds is 5. The largest absolute Gasteiger partial charge is 0.316 e. The number of hydrogen-bond donors (Lipinski definition) is 2. The molecule has 4 rings (SSSR count). The molecule has 0 aliphatic carbocycles. The Morgan fingerprint density at radius 2 is 2.14 bits per heavy atom. The maximum Gasteiger partial charge on any atom is 0.282 e. The summed E-state index contributed by atoms with van der Waals surface area (Å²) < 4.78 is 48.6. The number of halogens is 2. The second-order valence-electron chi connectivity index (χ2n) is 7.42. The molecule has 0 bridgehead atoms. The van der Waals surface area contributed by atoms with Gasteiger partial charge in [-0.1, -0.05) is 6.07 Å². The molecule has 0 spiro atoms. The summed E-state index contributed by atoms with van der Waals surface area (Å²) in [5.74, 6) is 0.275. The first-order chi connectivity index (χ1) is 13.8. The van der Waals surface area contributed by atoms with Gasteiger partial charge in [0.15, 0.2) is 5.65 Å². The smallest absolute Gasteiger partial charge is 0.282 e. The van der Waals surface area contributed by atoms with Crippen molar-refractivity contribution in [2.75, 3.05) is 25.1 Å². The lowest BCUT2D eigenvalue weighted by molar-refractivity contribution is 0.147. The maximum atomic E-state index is 13.7. The zero-order chi connectivity index (χ0) is 20.6. The molecule has 154 valence electrons. The van der Waals surface area contributed by atoms with Gasteiger partial charge in [-0.3, -0.25) is 14.0 Å². The van der Waals surface area contributed by atoms with Crippen molar-refractivity contribution in [2.24, 2.45) is 5.92 Å². The number of piperidine rings is 1. The van der Waals surface area contributed by atoms with E-state index >= 15 is 0 Å². The van der Waals surface area contributed by atoms with Crippen LogP contribution in [-0.2, 0) is 9.73 Å². The van der Waals surface area contributed by atoms with Gasteiger partial charge in [-0.15, -0.1) is 0 Å². The molecule has 1 saturated heterocycles. The highest BCUT2D eigenvalue weighted by Crippen LogP contribution is 2.34. The molecule has 1 aliphatic heterocycles. The van der Waals surface area contributed by atoms with Gasteiger partial charge in [0, 0.05) is 39.5 Å². The summed E-state index contributed by atoms with van der Waals surface area (Å²) in [6, 6.07) is 8.61. The molecule has 29 heavy (non-hydrogen) atoms. The van der Waals surface area contributed by atoms with Crippen LogP contribution < -0.4 is 5.32 Å². The van der Waals surface area contributed by atoms with E-state index in [1.54, 1.807) is 24.3 Å². The lowest BCUT2D eigenvalue weighted by Gasteiger charge is -2.32. The number of fused-ring (bicyclic) bond motifs is 1. The SMILES string of the molecule is CS(=N)(=O)CC1CNCCC1c1cccc(-c2c(C(F)F)nc3cccnn23)n1. The predicted octanol–water partition coefficient (Wildman–Crippen LogP) is 3.10. The summed E-state index contributed by atoms with van der Waals surface area (Å²) in [7, 11) is -2.66. The number of nitrogens with zero attached hydrogens (tertiary/aromatic N) is 4. The van der Waals surface area contributed by atoms with Gasteiger partial charge in [-0.25, -0.2) is 18.3 Å². The molecule has 10 heteroatoms. The molecule has 7 nitrogen and oxygen atoms in total. The van der Waals surface area contributed by atoms with E-state index in [0.29, 0.717) is 17.9 Å². The fraction of sp³-hybridized carbons (Fsp3) is 0.421. The first kappa shape index (κ1) is 19.8. The van der Waals surface area contributed by atoms with Gasteiger partial charge >= 0.3 is 0 Å². The summed E-state index contributed by atoms with van der Waals surface area (Å²) >= 11 is 0. The van der Waals surface area contributed by atoms with Crippen molar-refractivity contribution in [3.63, 3.8) is 0 Å². The Morgan fingerprint density at radius 1 is 1.31 bits per heavy atom. The van der Waals surface area contributed by atoms with Crippen LogP contribution in [0, 0.1) is 10.7 Å². The molecule has 3 atom stereocenters. The highest BCUT2D eigenvalue weighted by atomic mass is 32.2. The molecular formula is C19H22F2N6OS. The number of nitrogens with one attached hydrogen (secondary N) is 2.